The highest BCUT2D eigenvalue weighted by Crippen LogP contribution is 2.28. The van der Waals surface area contributed by atoms with Gasteiger partial charge in [0.1, 0.15) is 0 Å². The van der Waals surface area contributed by atoms with E-state index in [1.54, 1.807) is 0 Å². The summed E-state index contributed by atoms with van der Waals surface area (Å²) in [5.41, 5.74) is 0.248. The minimum atomic E-state index is 0.248. The first-order valence-corrected chi connectivity index (χ1v) is 6.35. The zero-order chi connectivity index (χ0) is 11.5. The van der Waals surface area contributed by atoms with Crippen LogP contribution in [0.2, 0.25) is 0 Å². The summed E-state index contributed by atoms with van der Waals surface area (Å²) >= 11 is 0. The Morgan fingerprint density at radius 1 is 1.20 bits per heavy atom. The Morgan fingerprint density at radius 2 is 1.80 bits per heavy atom. The molecule has 0 aromatic rings. The fourth-order valence-corrected chi connectivity index (χ4v) is 2.27. The predicted octanol–water partition coefficient (Wildman–Crippen LogP) is 2.83. The molecule has 1 aliphatic heterocycles. The average molecular weight is 213 g/mol. The first kappa shape index (κ1) is 13.0. The van der Waals surface area contributed by atoms with Crippen LogP contribution in [0, 0.1) is 11.3 Å². The van der Waals surface area contributed by atoms with Gasteiger partial charge in [-0.2, -0.15) is 0 Å². The van der Waals surface area contributed by atoms with Gasteiger partial charge in [-0.25, -0.2) is 0 Å². The van der Waals surface area contributed by atoms with Gasteiger partial charge in [-0.15, -0.1) is 0 Å². The second-order valence-electron chi connectivity index (χ2n) is 5.76. The molecule has 0 bridgehead atoms. The fourth-order valence-electron chi connectivity index (χ4n) is 2.27. The topological polar surface area (TPSA) is 21.3 Å². The molecule has 0 saturated carbocycles. The Balaban J connectivity index is 2.55. The zero-order valence-corrected chi connectivity index (χ0v) is 11.0. The van der Waals surface area contributed by atoms with Gasteiger partial charge in [-0.05, 0) is 11.3 Å². The van der Waals surface area contributed by atoms with Crippen LogP contribution >= 0.6 is 0 Å². The molecule has 0 aliphatic carbocycles. The molecule has 0 aromatic heterocycles. The molecule has 1 aliphatic rings. The molecule has 2 unspecified atom stereocenters. The van der Waals surface area contributed by atoms with Crippen molar-refractivity contribution >= 4 is 0 Å². The second kappa shape index (κ2) is 5.31. The van der Waals surface area contributed by atoms with E-state index in [1.165, 1.54) is 12.8 Å². The fraction of sp³-hybridized carbons (Fsp3) is 1.00. The lowest BCUT2D eigenvalue weighted by molar-refractivity contribution is -0.109. The van der Waals surface area contributed by atoms with E-state index in [1.807, 2.05) is 0 Å². The molecule has 15 heavy (non-hydrogen) atoms. The maximum absolute atomic E-state index is 6.23. The molecule has 1 heterocycles. The van der Waals surface area contributed by atoms with Crippen LogP contribution in [0.1, 0.15) is 47.5 Å². The van der Waals surface area contributed by atoms with E-state index in [-0.39, 0.29) is 5.41 Å². The molecule has 0 radical (unpaired) electrons. The molecule has 0 spiro atoms. The Kier molecular flexibility index (Phi) is 4.60. The summed E-state index contributed by atoms with van der Waals surface area (Å²) in [5, 5.41) is 3.52. The van der Waals surface area contributed by atoms with Gasteiger partial charge >= 0.3 is 0 Å². The van der Waals surface area contributed by atoms with Gasteiger partial charge in [0, 0.05) is 13.1 Å². The lowest BCUT2D eigenvalue weighted by Gasteiger charge is -2.41. The second-order valence-corrected chi connectivity index (χ2v) is 5.76. The molecule has 1 rings (SSSR count). The van der Waals surface area contributed by atoms with Gasteiger partial charge < -0.3 is 10.1 Å². The summed E-state index contributed by atoms with van der Waals surface area (Å²) in [5.74, 6) is 0.711. The molecule has 1 fully saturated rings. The summed E-state index contributed by atoms with van der Waals surface area (Å²) in [7, 11) is 0. The van der Waals surface area contributed by atoms with Crippen molar-refractivity contribution in [3.05, 3.63) is 0 Å². The van der Waals surface area contributed by atoms with Crippen LogP contribution in [0.15, 0.2) is 0 Å². The van der Waals surface area contributed by atoms with Crippen molar-refractivity contribution in [3.63, 3.8) is 0 Å². The molecule has 0 aromatic carbocycles. The van der Waals surface area contributed by atoms with Crippen LogP contribution in [0.25, 0.3) is 0 Å². The van der Waals surface area contributed by atoms with Gasteiger partial charge in [0.05, 0.1) is 12.2 Å². The van der Waals surface area contributed by atoms with Crippen molar-refractivity contribution in [1.82, 2.24) is 5.32 Å². The van der Waals surface area contributed by atoms with E-state index in [0.29, 0.717) is 18.1 Å². The molecule has 2 atom stereocenters. The van der Waals surface area contributed by atoms with Gasteiger partial charge in [-0.1, -0.05) is 47.5 Å². The number of hydrogen-bond donors (Lipinski definition) is 1. The van der Waals surface area contributed by atoms with Crippen LogP contribution in [0.4, 0.5) is 0 Å². The van der Waals surface area contributed by atoms with E-state index in [2.05, 4.69) is 39.9 Å². The summed E-state index contributed by atoms with van der Waals surface area (Å²) in [6, 6.07) is 0. The van der Waals surface area contributed by atoms with E-state index >= 15 is 0 Å². The highest BCUT2D eigenvalue weighted by atomic mass is 16.5. The van der Waals surface area contributed by atoms with Gasteiger partial charge in [0.25, 0.3) is 0 Å². The van der Waals surface area contributed by atoms with E-state index in [0.717, 1.165) is 13.1 Å². The Morgan fingerprint density at radius 3 is 2.27 bits per heavy atom. The lowest BCUT2D eigenvalue weighted by atomic mass is 9.86. The van der Waals surface area contributed by atoms with E-state index in [4.69, 9.17) is 4.74 Å². The van der Waals surface area contributed by atoms with Crippen LogP contribution in [0.3, 0.4) is 0 Å². The molecule has 0 amide bonds. The highest BCUT2D eigenvalue weighted by Gasteiger charge is 2.33. The van der Waals surface area contributed by atoms with Crippen molar-refractivity contribution in [2.24, 2.45) is 11.3 Å². The first-order valence-electron chi connectivity index (χ1n) is 6.35. The summed E-state index contributed by atoms with van der Waals surface area (Å²) < 4.78 is 6.23. The number of hydrogen-bond acceptors (Lipinski definition) is 2. The Labute approximate surface area is 94.8 Å². The summed E-state index contributed by atoms with van der Waals surface area (Å²) in [6.45, 7) is 13.3. The maximum atomic E-state index is 6.23. The van der Waals surface area contributed by atoms with E-state index in [9.17, 15) is 0 Å². The van der Waals surface area contributed by atoms with Gasteiger partial charge in [0.15, 0.2) is 0 Å². The first-order chi connectivity index (χ1) is 6.99. The molecular formula is C13H27NO. The van der Waals surface area contributed by atoms with E-state index < -0.39 is 0 Å². The SMILES string of the molecule is CCC(CC)C1CNCC(C(C)(C)C)O1. The van der Waals surface area contributed by atoms with Crippen molar-refractivity contribution < 1.29 is 4.74 Å². The monoisotopic (exact) mass is 213 g/mol. The smallest absolute Gasteiger partial charge is 0.0752 e. The molecule has 1 saturated heterocycles. The van der Waals surface area contributed by atoms with Gasteiger partial charge in [-0.3, -0.25) is 0 Å². The molecule has 90 valence electrons. The number of rotatable bonds is 3. The van der Waals surface area contributed by atoms with Crippen molar-refractivity contribution in [2.75, 3.05) is 13.1 Å². The van der Waals surface area contributed by atoms with Crippen molar-refractivity contribution in [2.45, 2.75) is 59.7 Å². The minimum absolute atomic E-state index is 0.248. The Bertz CT molecular complexity index is 181. The molecule has 2 heteroatoms. The summed E-state index contributed by atoms with van der Waals surface area (Å²) in [4.78, 5) is 0. The zero-order valence-electron chi connectivity index (χ0n) is 11.0. The highest BCUT2D eigenvalue weighted by molar-refractivity contribution is 4.85. The average Bonchev–Trinajstić information content (AvgIpc) is 2.19. The van der Waals surface area contributed by atoms with Crippen LogP contribution in [-0.2, 0) is 4.74 Å². The normalized spacial score (nSPS) is 28.4. The number of ether oxygens (including phenoxy) is 1. The maximum Gasteiger partial charge on any atom is 0.0752 e. The number of morpholine rings is 1. The van der Waals surface area contributed by atoms with Crippen LogP contribution in [0.5, 0.6) is 0 Å². The Hall–Kier alpha value is -0.0800. The van der Waals surface area contributed by atoms with Crippen LogP contribution < -0.4 is 5.32 Å². The van der Waals surface area contributed by atoms with Gasteiger partial charge in [0.2, 0.25) is 0 Å². The molecule has 2 nitrogen and oxygen atoms in total. The predicted molar refractivity (Wildman–Crippen MR) is 65.1 cm³/mol. The lowest BCUT2D eigenvalue weighted by Crippen LogP contribution is -2.52. The quantitative estimate of drug-likeness (QED) is 0.778. The minimum Gasteiger partial charge on any atom is -0.372 e. The number of nitrogens with one attached hydrogen (secondary N) is 1. The summed E-state index contributed by atoms with van der Waals surface area (Å²) in [6.07, 6.45) is 3.22. The third-order valence-electron chi connectivity index (χ3n) is 3.55. The third kappa shape index (κ3) is 3.46. The third-order valence-corrected chi connectivity index (χ3v) is 3.55. The van der Waals surface area contributed by atoms with Crippen molar-refractivity contribution in [3.8, 4) is 0 Å². The van der Waals surface area contributed by atoms with Crippen LogP contribution in [-0.4, -0.2) is 25.3 Å². The molecule has 1 N–H and O–H groups in total. The molecular weight excluding hydrogens is 186 g/mol. The standard InChI is InChI=1S/C13H27NO/c1-6-10(7-2)11-8-14-9-12(15-11)13(3,4)5/h10-12,14H,6-9H2,1-5H3. The van der Waals surface area contributed by atoms with Crippen molar-refractivity contribution in [1.29, 1.82) is 0 Å². The largest absolute Gasteiger partial charge is 0.372 e.